The molecule has 0 aliphatic rings. The minimum absolute atomic E-state index is 0.236. The van der Waals surface area contributed by atoms with Gasteiger partial charge < -0.3 is 19.5 Å². The van der Waals surface area contributed by atoms with Crippen molar-refractivity contribution < 1.29 is 23.4 Å². The van der Waals surface area contributed by atoms with E-state index in [1.165, 1.54) is 32.4 Å². The molecule has 0 heterocycles. The van der Waals surface area contributed by atoms with Crippen LogP contribution in [0, 0.1) is 5.82 Å². The quantitative estimate of drug-likeness (QED) is 0.790. The Morgan fingerprint density at radius 1 is 1.17 bits per heavy atom. The van der Waals surface area contributed by atoms with Crippen LogP contribution >= 0.6 is 15.9 Å². The van der Waals surface area contributed by atoms with E-state index >= 15 is 0 Å². The Morgan fingerprint density at radius 2 is 1.88 bits per heavy atom. The third kappa shape index (κ3) is 3.97. The van der Waals surface area contributed by atoms with E-state index in [4.69, 9.17) is 14.2 Å². The second-order valence-corrected chi connectivity index (χ2v) is 5.58. The molecule has 128 valence electrons. The van der Waals surface area contributed by atoms with E-state index in [0.29, 0.717) is 33.8 Å². The zero-order valence-electron chi connectivity index (χ0n) is 13.5. The molecule has 1 N–H and O–H groups in total. The second kappa shape index (κ2) is 8.01. The molecule has 1 amide bonds. The maximum absolute atomic E-state index is 13.2. The lowest BCUT2D eigenvalue weighted by molar-refractivity contribution is 0.102. The van der Waals surface area contributed by atoms with Gasteiger partial charge in [-0.2, -0.15) is 0 Å². The predicted molar refractivity (Wildman–Crippen MR) is 92.8 cm³/mol. The number of anilines is 1. The Kier molecular flexibility index (Phi) is 6.03. The van der Waals surface area contributed by atoms with Gasteiger partial charge in [-0.1, -0.05) is 0 Å². The summed E-state index contributed by atoms with van der Waals surface area (Å²) in [6, 6.07) is 7.07. The SMILES string of the molecule is CCOc1c(Br)cc(C(=O)Nc2ccc(F)cc2OC)cc1OC. The summed E-state index contributed by atoms with van der Waals surface area (Å²) in [5.41, 5.74) is 0.724. The number of benzene rings is 2. The number of hydrogen-bond acceptors (Lipinski definition) is 4. The molecule has 2 rings (SSSR count). The average Bonchev–Trinajstić information content (AvgIpc) is 2.57. The number of hydrogen-bond donors (Lipinski definition) is 1. The molecule has 0 spiro atoms. The maximum atomic E-state index is 13.2. The van der Waals surface area contributed by atoms with E-state index in [2.05, 4.69) is 21.2 Å². The number of carbonyl (C=O) groups is 1. The van der Waals surface area contributed by atoms with Gasteiger partial charge in [-0.25, -0.2) is 4.39 Å². The standard InChI is InChI=1S/C17H17BrFNO4/c1-4-24-16-12(18)7-10(8-15(16)23-3)17(21)20-13-6-5-11(19)9-14(13)22-2/h5-9H,4H2,1-3H3,(H,20,21). The van der Waals surface area contributed by atoms with Gasteiger partial charge in [-0.15, -0.1) is 0 Å². The zero-order valence-corrected chi connectivity index (χ0v) is 15.1. The van der Waals surface area contributed by atoms with Crippen molar-refractivity contribution in [1.82, 2.24) is 0 Å². The first-order chi connectivity index (χ1) is 11.5. The second-order valence-electron chi connectivity index (χ2n) is 4.72. The smallest absolute Gasteiger partial charge is 0.255 e. The molecular weight excluding hydrogens is 381 g/mol. The first-order valence-electron chi connectivity index (χ1n) is 7.15. The summed E-state index contributed by atoms with van der Waals surface area (Å²) in [4.78, 5) is 12.5. The molecule has 7 heteroatoms. The van der Waals surface area contributed by atoms with Crippen LogP contribution < -0.4 is 19.5 Å². The van der Waals surface area contributed by atoms with E-state index in [0.717, 1.165) is 0 Å². The fourth-order valence-corrected chi connectivity index (χ4v) is 2.65. The number of amides is 1. The number of halogens is 2. The van der Waals surface area contributed by atoms with Crippen molar-refractivity contribution in [2.24, 2.45) is 0 Å². The Labute approximate surface area is 147 Å². The monoisotopic (exact) mass is 397 g/mol. The molecule has 0 saturated heterocycles. The highest BCUT2D eigenvalue weighted by Gasteiger charge is 2.17. The molecular formula is C17H17BrFNO4. The lowest BCUT2D eigenvalue weighted by Gasteiger charge is -2.14. The molecule has 0 radical (unpaired) electrons. The topological polar surface area (TPSA) is 56.8 Å². The van der Waals surface area contributed by atoms with Crippen LogP contribution in [0.5, 0.6) is 17.2 Å². The molecule has 0 unspecified atom stereocenters. The molecule has 2 aromatic carbocycles. The Balaban J connectivity index is 2.32. The van der Waals surface area contributed by atoms with Crippen LogP contribution in [0.1, 0.15) is 17.3 Å². The number of carbonyl (C=O) groups excluding carboxylic acids is 1. The molecule has 0 bridgehead atoms. The van der Waals surface area contributed by atoms with E-state index in [-0.39, 0.29) is 11.7 Å². The van der Waals surface area contributed by atoms with E-state index < -0.39 is 5.82 Å². The van der Waals surface area contributed by atoms with Crippen LogP contribution in [0.15, 0.2) is 34.8 Å². The largest absolute Gasteiger partial charge is 0.494 e. The van der Waals surface area contributed by atoms with E-state index in [1.54, 1.807) is 12.1 Å². The zero-order chi connectivity index (χ0) is 17.7. The molecule has 24 heavy (non-hydrogen) atoms. The number of ether oxygens (including phenoxy) is 3. The van der Waals surface area contributed by atoms with Crippen molar-refractivity contribution >= 4 is 27.5 Å². The maximum Gasteiger partial charge on any atom is 0.255 e. The highest BCUT2D eigenvalue weighted by Crippen LogP contribution is 2.37. The third-order valence-electron chi connectivity index (χ3n) is 3.19. The van der Waals surface area contributed by atoms with Gasteiger partial charge >= 0.3 is 0 Å². The fraction of sp³-hybridized carbons (Fsp3) is 0.235. The Hall–Kier alpha value is -2.28. The summed E-state index contributed by atoms with van der Waals surface area (Å²) in [6.45, 7) is 2.32. The molecule has 0 aromatic heterocycles. The highest BCUT2D eigenvalue weighted by molar-refractivity contribution is 9.10. The van der Waals surface area contributed by atoms with Gasteiger partial charge in [-0.3, -0.25) is 4.79 Å². The average molecular weight is 398 g/mol. The number of methoxy groups -OCH3 is 2. The van der Waals surface area contributed by atoms with Crippen molar-refractivity contribution in [3.05, 3.63) is 46.2 Å². The van der Waals surface area contributed by atoms with Crippen LogP contribution in [0.25, 0.3) is 0 Å². The summed E-state index contributed by atoms with van der Waals surface area (Å²) in [7, 11) is 2.90. The summed E-state index contributed by atoms with van der Waals surface area (Å²) >= 11 is 3.37. The minimum Gasteiger partial charge on any atom is -0.494 e. The van der Waals surface area contributed by atoms with E-state index in [9.17, 15) is 9.18 Å². The van der Waals surface area contributed by atoms with Crippen LogP contribution in [0.4, 0.5) is 10.1 Å². The van der Waals surface area contributed by atoms with Crippen LogP contribution in [-0.2, 0) is 0 Å². The first-order valence-corrected chi connectivity index (χ1v) is 7.94. The van der Waals surface area contributed by atoms with E-state index in [1.807, 2.05) is 6.92 Å². The van der Waals surface area contributed by atoms with Crippen molar-refractivity contribution in [2.45, 2.75) is 6.92 Å². The number of nitrogens with one attached hydrogen (secondary N) is 1. The van der Waals surface area contributed by atoms with Gasteiger partial charge in [0.1, 0.15) is 11.6 Å². The molecule has 0 aliphatic carbocycles. The van der Waals surface area contributed by atoms with Gasteiger partial charge in [0.2, 0.25) is 0 Å². The lowest BCUT2D eigenvalue weighted by atomic mass is 10.1. The molecule has 0 fully saturated rings. The summed E-state index contributed by atoms with van der Waals surface area (Å²) in [5.74, 6) is 0.357. The van der Waals surface area contributed by atoms with Gasteiger partial charge in [0.25, 0.3) is 5.91 Å². The Bertz CT molecular complexity index is 752. The van der Waals surface area contributed by atoms with Crippen molar-refractivity contribution in [2.75, 3.05) is 26.1 Å². The molecule has 2 aromatic rings. The fourth-order valence-electron chi connectivity index (χ4n) is 2.10. The predicted octanol–water partition coefficient (Wildman–Crippen LogP) is 4.26. The summed E-state index contributed by atoms with van der Waals surface area (Å²) in [6.07, 6.45) is 0. The summed E-state index contributed by atoms with van der Waals surface area (Å²) < 4.78 is 29.7. The van der Waals surface area contributed by atoms with Gasteiger partial charge in [-0.05, 0) is 47.1 Å². The van der Waals surface area contributed by atoms with Crippen LogP contribution in [0.2, 0.25) is 0 Å². The number of rotatable bonds is 6. The normalized spacial score (nSPS) is 10.2. The van der Waals surface area contributed by atoms with Crippen molar-refractivity contribution in [3.8, 4) is 17.2 Å². The molecule has 5 nitrogen and oxygen atoms in total. The van der Waals surface area contributed by atoms with Crippen LogP contribution in [-0.4, -0.2) is 26.7 Å². The molecule has 0 atom stereocenters. The van der Waals surface area contributed by atoms with Gasteiger partial charge in [0, 0.05) is 11.6 Å². The lowest BCUT2D eigenvalue weighted by Crippen LogP contribution is -2.13. The third-order valence-corrected chi connectivity index (χ3v) is 3.78. The van der Waals surface area contributed by atoms with Crippen LogP contribution in [0.3, 0.4) is 0 Å². The molecule has 0 saturated carbocycles. The first kappa shape index (κ1) is 18.1. The van der Waals surface area contributed by atoms with Crippen molar-refractivity contribution in [1.29, 1.82) is 0 Å². The van der Waals surface area contributed by atoms with Gasteiger partial charge in [0.15, 0.2) is 11.5 Å². The summed E-state index contributed by atoms with van der Waals surface area (Å²) in [5, 5.41) is 2.69. The van der Waals surface area contributed by atoms with Crippen molar-refractivity contribution in [3.63, 3.8) is 0 Å². The van der Waals surface area contributed by atoms with Gasteiger partial charge in [0.05, 0.1) is 31.0 Å². The minimum atomic E-state index is -0.449. The highest BCUT2D eigenvalue weighted by atomic mass is 79.9. The molecule has 0 aliphatic heterocycles. The Morgan fingerprint density at radius 3 is 2.50 bits per heavy atom.